The lowest BCUT2D eigenvalue weighted by Gasteiger charge is -2.41. The van der Waals surface area contributed by atoms with Crippen LogP contribution in [0.5, 0.6) is 5.75 Å². The minimum atomic E-state index is -0.907. The maximum atomic E-state index is 12.5. The lowest BCUT2D eigenvalue weighted by molar-refractivity contribution is -0.139. The number of rotatable bonds is 6. The SMILES string of the molecule is COc1ccc(C)cc1-n1ccc(C(=O)NC2(CC(=O)O)CCC2)n1. The van der Waals surface area contributed by atoms with Crippen LogP contribution in [-0.4, -0.2) is 39.4 Å². The van der Waals surface area contributed by atoms with Crippen LogP contribution in [0.15, 0.2) is 30.5 Å². The van der Waals surface area contributed by atoms with Gasteiger partial charge >= 0.3 is 5.97 Å². The molecule has 0 atom stereocenters. The maximum absolute atomic E-state index is 12.5. The van der Waals surface area contributed by atoms with Gasteiger partial charge in [0.25, 0.3) is 5.91 Å². The summed E-state index contributed by atoms with van der Waals surface area (Å²) in [6.07, 6.45) is 3.90. The summed E-state index contributed by atoms with van der Waals surface area (Å²) in [5.41, 5.74) is 1.39. The van der Waals surface area contributed by atoms with E-state index in [1.54, 1.807) is 24.1 Å². The summed E-state index contributed by atoms with van der Waals surface area (Å²) in [5, 5.41) is 16.2. The Kier molecular flexibility index (Phi) is 4.48. The molecule has 1 aliphatic carbocycles. The number of nitrogens with zero attached hydrogens (tertiary/aromatic N) is 2. The summed E-state index contributed by atoms with van der Waals surface area (Å²) in [6, 6.07) is 7.32. The van der Waals surface area contributed by atoms with Crippen molar-refractivity contribution in [2.24, 2.45) is 0 Å². The molecule has 25 heavy (non-hydrogen) atoms. The summed E-state index contributed by atoms with van der Waals surface area (Å²) in [5.74, 6) is -0.608. The molecular weight excluding hydrogens is 322 g/mol. The number of ether oxygens (including phenoxy) is 1. The molecule has 7 nitrogen and oxygen atoms in total. The largest absolute Gasteiger partial charge is 0.494 e. The van der Waals surface area contributed by atoms with Crippen molar-refractivity contribution >= 4 is 11.9 Å². The van der Waals surface area contributed by atoms with Gasteiger partial charge in [-0.15, -0.1) is 0 Å². The number of aliphatic carboxylic acids is 1. The fourth-order valence-corrected chi connectivity index (χ4v) is 3.10. The Labute approximate surface area is 145 Å². The highest BCUT2D eigenvalue weighted by Crippen LogP contribution is 2.35. The van der Waals surface area contributed by atoms with Crippen molar-refractivity contribution in [3.05, 3.63) is 41.7 Å². The number of aryl methyl sites for hydroxylation is 1. The highest BCUT2D eigenvalue weighted by molar-refractivity contribution is 5.93. The average Bonchev–Trinajstić information content (AvgIpc) is 3.02. The second-order valence-electron chi connectivity index (χ2n) is 6.48. The second-order valence-corrected chi connectivity index (χ2v) is 6.48. The van der Waals surface area contributed by atoms with Crippen LogP contribution in [0.25, 0.3) is 5.69 Å². The number of carboxylic acids is 1. The van der Waals surface area contributed by atoms with E-state index in [-0.39, 0.29) is 18.0 Å². The van der Waals surface area contributed by atoms with Crippen LogP contribution in [0.4, 0.5) is 0 Å². The lowest BCUT2D eigenvalue weighted by Crippen LogP contribution is -2.54. The normalized spacial score (nSPS) is 15.3. The monoisotopic (exact) mass is 343 g/mol. The Morgan fingerprint density at radius 1 is 1.36 bits per heavy atom. The molecule has 0 aliphatic heterocycles. The molecule has 1 aromatic heterocycles. The predicted octanol–water partition coefficient (Wildman–Crippen LogP) is 2.32. The van der Waals surface area contributed by atoms with E-state index in [4.69, 9.17) is 9.84 Å². The van der Waals surface area contributed by atoms with Crippen LogP contribution in [-0.2, 0) is 4.79 Å². The summed E-state index contributed by atoms with van der Waals surface area (Å²) in [7, 11) is 1.58. The number of hydrogen-bond acceptors (Lipinski definition) is 4. The molecule has 0 radical (unpaired) electrons. The van der Waals surface area contributed by atoms with Crippen LogP contribution in [0.3, 0.4) is 0 Å². The molecule has 0 spiro atoms. The van der Waals surface area contributed by atoms with Gasteiger partial charge in [0.1, 0.15) is 11.4 Å². The predicted molar refractivity (Wildman–Crippen MR) is 91.2 cm³/mol. The van der Waals surface area contributed by atoms with Crippen molar-refractivity contribution in [1.29, 1.82) is 0 Å². The summed E-state index contributed by atoms with van der Waals surface area (Å²) in [6.45, 7) is 1.96. The molecule has 1 heterocycles. The Balaban J connectivity index is 1.81. The maximum Gasteiger partial charge on any atom is 0.305 e. The van der Waals surface area contributed by atoms with Gasteiger partial charge in [0.05, 0.1) is 19.1 Å². The van der Waals surface area contributed by atoms with Gasteiger partial charge in [-0.3, -0.25) is 9.59 Å². The van der Waals surface area contributed by atoms with E-state index >= 15 is 0 Å². The molecule has 0 unspecified atom stereocenters. The first-order valence-electron chi connectivity index (χ1n) is 8.17. The van der Waals surface area contributed by atoms with Crippen LogP contribution in [0, 0.1) is 6.92 Å². The molecule has 1 amide bonds. The number of aromatic nitrogens is 2. The molecule has 1 aliphatic rings. The molecule has 0 bridgehead atoms. The van der Waals surface area contributed by atoms with Crippen molar-refractivity contribution < 1.29 is 19.4 Å². The number of nitrogens with one attached hydrogen (secondary N) is 1. The highest BCUT2D eigenvalue weighted by atomic mass is 16.5. The third-order valence-electron chi connectivity index (χ3n) is 4.58. The molecule has 0 saturated heterocycles. The summed E-state index contributed by atoms with van der Waals surface area (Å²) < 4.78 is 6.94. The van der Waals surface area contributed by atoms with Crippen LogP contribution in [0.2, 0.25) is 0 Å². The first kappa shape index (κ1) is 17.0. The number of hydrogen-bond donors (Lipinski definition) is 2. The van der Waals surface area contributed by atoms with Crippen molar-refractivity contribution in [3.63, 3.8) is 0 Å². The zero-order valence-electron chi connectivity index (χ0n) is 14.3. The molecule has 7 heteroatoms. The highest BCUT2D eigenvalue weighted by Gasteiger charge is 2.40. The number of benzene rings is 1. The lowest BCUT2D eigenvalue weighted by atomic mass is 9.74. The van der Waals surface area contributed by atoms with Crippen molar-refractivity contribution in [3.8, 4) is 11.4 Å². The second kappa shape index (κ2) is 6.58. The van der Waals surface area contributed by atoms with Gasteiger partial charge in [0.2, 0.25) is 0 Å². The van der Waals surface area contributed by atoms with E-state index < -0.39 is 11.5 Å². The van der Waals surface area contributed by atoms with Gasteiger partial charge in [-0.2, -0.15) is 5.10 Å². The third-order valence-corrected chi connectivity index (χ3v) is 4.58. The van der Waals surface area contributed by atoms with Gasteiger partial charge in [-0.05, 0) is 49.9 Å². The van der Waals surface area contributed by atoms with E-state index in [1.807, 2.05) is 25.1 Å². The molecule has 2 N–H and O–H groups in total. The number of amides is 1. The Morgan fingerprint density at radius 2 is 2.12 bits per heavy atom. The smallest absolute Gasteiger partial charge is 0.305 e. The molecule has 1 saturated carbocycles. The van der Waals surface area contributed by atoms with Crippen molar-refractivity contribution in [2.45, 2.75) is 38.1 Å². The average molecular weight is 343 g/mol. The molecule has 2 aromatic rings. The van der Waals surface area contributed by atoms with Gasteiger partial charge in [0.15, 0.2) is 5.69 Å². The molecule has 3 rings (SSSR count). The third kappa shape index (κ3) is 3.50. The first-order chi connectivity index (χ1) is 11.9. The number of carbonyl (C=O) groups excluding carboxylic acids is 1. The zero-order valence-corrected chi connectivity index (χ0v) is 14.3. The zero-order chi connectivity index (χ0) is 18.0. The van der Waals surface area contributed by atoms with Crippen LogP contribution < -0.4 is 10.1 Å². The number of carboxylic acid groups (broad SMARTS) is 1. The van der Waals surface area contributed by atoms with E-state index in [1.165, 1.54) is 0 Å². The standard InChI is InChI=1S/C18H21N3O4/c1-12-4-5-15(25-2)14(10-12)21-9-6-13(20-21)17(24)19-18(7-3-8-18)11-16(22)23/h4-6,9-10H,3,7-8,11H2,1-2H3,(H,19,24)(H,22,23). The number of methoxy groups -OCH3 is 1. The van der Waals surface area contributed by atoms with E-state index in [2.05, 4.69) is 10.4 Å². The van der Waals surface area contributed by atoms with Gasteiger partial charge in [-0.1, -0.05) is 6.07 Å². The van der Waals surface area contributed by atoms with Gasteiger partial charge < -0.3 is 15.2 Å². The Morgan fingerprint density at radius 3 is 2.72 bits per heavy atom. The molecule has 1 aromatic carbocycles. The summed E-state index contributed by atoms with van der Waals surface area (Å²) in [4.78, 5) is 23.5. The minimum absolute atomic E-state index is 0.0643. The Hall–Kier alpha value is -2.83. The summed E-state index contributed by atoms with van der Waals surface area (Å²) >= 11 is 0. The molecule has 1 fully saturated rings. The number of carbonyl (C=O) groups is 2. The van der Waals surface area contributed by atoms with E-state index in [0.717, 1.165) is 17.7 Å². The fourth-order valence-electron chi connectivity index (χ4n) is 3.10. The van der Waals surface area contributed by atoms with Crippen LogP contribution >= 0.6 is 0 Å². The quantitative estimate of drug-likeness (QED) is 0.839. The molecular formula is C18H21N3O4. The van der Waals surface area contributed by atoms with Crippen molar-refractivity contribution in [2.75, 3.05) is 7.11 Å². The van der Waals surface area contributed by atoms with E-state index in [9.17, 15) is 9.59 Å². The van der Waals surface area contributed by atoms with E-state index in [0.29, 0.717) is 18.6 Å². The van der Waals surface area contributed by atoms with Crippen molar-refractivity contribution in [1.82, 2.24) is 15.1 Å². The van der Waals surface area contributed by atoms with Crippen LogP contribution in [0.1, 0.15) is 41.7 Å². The topological polar surface area (TPSA) is 93.5 Å². The minimum Gasteiger partial charge on any atom is -0.494 e. The molecule has 132 valence electrons. The first-order valence-corrected chi connectivity index (χ1v) is 8.17. The fraction of sp³-hybridized carbons (Fsp3) is 0.389. The Bertz CT molecular complexity index is 808. The van der Waals surface area contributed by atoms with Gasteiger partial charge in [-0.25, -0.2) is 4.68 Å². The van der Waals surface area contributed by atoms with Gasteiger partial charge in [0, 0.05) is 6.20 Å².